The van der Waals surface area contributed by atoms with Crippen LogP contribution in [0.1, 0.15) is 38.5 Å². The lowest BCUT2D eigenvalue weighted by Gasteiger charge is -2.20. The Morgan fingerprint density at radius 3 is 2.19 bits per heavy atom. The van der Waals surface area contributed by atoms with Gasteiger partial charge in [-0.15, -0.1) is 0 Å². The molecule has 4 heteroatoms. The largest absolute Gasteiger partial charge is 0.349 e. The van der Waals surface area contributed by atoms with Gasteiger partial charge in [0.25, 0.3) is 0 Å². The number of carbonyl (C=O) groups is 2. The normalized spacial score (nSPS) is 17.7. The van der Waals surface area contributed by atoms with Gasteiger partial charge < -0.3 is 9.47 Å². The first kappa shape index (κ1) is 13.3. The zero-order chi connectivity index (χ0) is 12.0. The van der Waals surface area contributed by atoms with Gasteiger partial charge in [0.05, 0.1) is 6.42 Å². The van der Waals surface area contributed by atoms with E-state index in [9.17, 15) is 9.59 Å². The number of ketones is 2. The Hall–Kier alpha value is -0.740. The van der Waals surface area contributed by atoms with Gasteiger partial charge in [0.2, 0.25) is 6.29 Å². The van der Waals surface area contributed by atoms with E-state index in [-0.39, 0.29) is 23.9 Å². The van der Waals surface area contributed by atoms with Gasteiger partial charge in [-0.2, -0.15) is 0 Å². The van der Waals surface area contributed by atoms with Crippen LogP contribution < -0.4 is 0 Å². The van der Waals surface area contributed by atoms with Crippen LogP contribution >= 0.6 is 0 Å². The molecule has 0 atom stereocenters. The van der Waals surface area contributed by atoms with E-state index < -0.39 is 6.29 Å². The molecular weight excluding hydrogens is 208 g/mol. The predicted molar refractivity (Wildman–Crippen MR) is 59.0 cm³/mol. The van der Waals surface area contributed by atoms with Crippen LogP contribution in [0.4, 0.5) is 0 Å². The SMILES string of the molecule is COC(OC)C(=O)CC(=O)C1CCCCC1. The number of hydrogen-bond donors (Lipinski definition) is 0. The van der Waals surface area contributed by atoms with Crippen molar-refractivity contribution in [3.63, 3.8) is 0 Å². The average molecular weight is 228 g/mol. The molecule has 0 spiro atoms. The Bertz CT molecular complexity index is 239. The lowest BCUT2D eigenvalue weighted by atomic mass is 9.84. The maximum Gasteiger partial charge on any atom is 0.217 e. The molecule has 0 aromatic rings. The third-order valence-corrected chi connectivity index (χ3v) is 3.10. The molecule has 0 radical (unpaired) electrons. The summed E-state index contributed by atoms with van der Waals surface area (Å²) in [6, 6.07) is 0. The molecule has 0 bridgehead atoms. The molecule has 0 unspecified atom stereocenters. The summed E-state index contributed by atoms with van der Waals surface area (Å²) in [5.74, 6) is -0.156. The fourth-order valence-electron chi connectivity index (χ4n) is 2.18. The maximum absolute atomic E-state index is 11.8. The Labute approximate surface area is 96.3 Å². The summed E-state index contributed by atoms with van der Waals surface area (Å²) in [7, 11) is 2.80. The van der Waals surface area contributed by atoms with E-state index in [0.29, 0.717) is 0 Å². The Balaban J connectivity index is 2.40. The van der Waals surface area contributed by atoms with E-state index >= 15 is 0 Å². The van der Waals surface area contributed by atoms with Crippen molar-refractivity contribution in [3.8, 4) is 0 Å². The average Bonchev–Trinajstić information content (AvgIpc) is 2.31. The molecule has 1 aliphatic carbocycles. The number of rotatable bonds is 6. The molecule has 0 aromatic heterocycles. The van der Waals surface area contributed by atoms with Crippen molar-refractivity contribution in [1.82, 2.24) is 0 Å². The van der Waals surface area contributed by atoms with E-state index in [4.69, 9.17) is 9.47 Å². The van der Waals surface area contributed by atoms with Crippen LogP contribution in [0.5, 0.6) is 0 Å². The molecule has 0 amide bonds. The van der Waals surface area contributed by atoms with Crippen molar-refractivity contribution < 1.29 is 19.1 Å². The fourth-order valence-corrected chi connectivity index (χ4v) is 2.18. The van der Waals surface area contributed by atoms with Crippen molar-refractivity contribution in [3.05, 3.63) is 0 Å². The highest BCUT2D eigenvalue weighted by Gasteiger charge is 2.26. The minimum absolute atomic E-state index is 0.0452. The van der Waals surface area contributed by atoms with Gasteiger partial charge in [0.1, 0.15) is 5.78 Å². The highest BCUT2D eigenvalue weighted by molar-refractivity contribution is 6.01. The van der Waals surface area contributed by atoms with Crippen molar-refractivity contribution in [2.45, 2.75) is 44.8 Å². The van der Waals surface area contributed by atoms with Gasteiger partial charge in [-0.3, -0.25) is 9.59 Å². The van der Waals surface area contributed by atoms with Crippen LogP contribution in [0.25, 0.3) is 0 Å². The molecule has 16 heavy (non-hydrogen) atoms. The highest BCUT2D eigenvalue weighted by atomic mass is 16.7. The number of Topliss-reactive ketones (excluding diaryl/α,β-unsaturated/α-hetero) is 2. The quantitative estimate of drug-likeness (QED) is 0.513. The molecule has 92 valence electrons. The van der Waals surface area contributed by atoms with Gasteiger partial charge in [0.15, 0.2) is 5.78 Å². The zero-order valence-corrected chi connectivity index (χ0v) is 10.0. The van der Waals surface area contributed by atoms with E-state index in [1.54, 1.807) is 0 Å². The van der Waals surface area contributed by atoms with Gasteiger partial charge in [-0.1, -0.05) is 19.3 Å². The first-order valence-electron chi connectivity index (χ1n) is 5.80. The Kier molecular flexibility index (Phi) is 5.63. The van der Waals surface area contributed by atoms with Crippen LogP contribution in [0, 0.1) is 5.92 Å². The number of ether oxygens (including phenoxy) is 2. The topological polar surface area (TPSA) is 52.6 Å². The summed E-state index contributed by atoms with van der Waals surface area (Å²) in [6.07, 6.45) is 4.30. The molecular formula is C12H20O4. The van der Waals surface area contributed by atoms with Crippen LogP contribution in [0.3, 0.4) is 0 Å². The van der Waals surface area contributed by atoms with Crippen molar-refractivity contribution >= 4 is 11.6 Å². The van der Waals surface area contributed by atoms with Gasteiger partial charge in [-0.05, 0) is 12.8 Å². The third kappa shape index (κ3) is 3.68. The Morgan fingerprint density at radius 1 is 1.12 bits per heavy atom. The second-order valence-electron chi connectivity index (χ2n) is 4.25. The predicted octanol–water partition coefficient (Wildman–Crippen LogP) is 1.71. The summed E-state index contributed by atoms with van der Waals surface area (Å²) >= 11 is 0. The van der Waals surface area contributed by atoms with E-state index in [1.165, 1.54) is 20.6 Å². The summed E-state index contributed by atoms with van der Waals surface area (Å²) in [5, 5.41) is 0. The van der Waals surface area contributed by atoms with Crippen LogP contribution in [-0.4, -0.2) is 32.1 Å². The zero-order valence-electron chi connectivity index (χ0n) is 10.0. The van der Waals surface area contributed by atoms with Crippen LogP contribution in [-0.2, 0) is 19.1 Å². The lowest BCUT2D eigenvalue weighted by Crippen LogP contribution is -2.29. The van der Waals surface area contributed by atoms with E-state index in [2.05, 4.69) is 0 Å². The summed E-state index contributed by atoms with van der Waals surface area (Å²) in [5.41, 5.74) is 0. The van der Waals surface area contributed by atoms with Crippen molar-refractivity contribution in [2.24, 2.45) is 5.92 Å². The van der Waals surface area contributed by atoms with Gasteiger partial charge >= 0.3 is 0 Å². The minimum Gasteiger partial charge on any atom is -0.349 e. The summed E-state index contributed by atoms with van der Waals surface area (Å²) in [6.45, 7) is 0. The summed E-state index contributed by atoms with van der Waals surface area (Å²) in [4.78, 5) is 23.4. The second-order valence-corrected chi connectivity index (χ2v) is 4.25. The molecule has 4 nitrogen and oxygen atoms in total. The van der Waals surface area contributed by atoms with Gasteiger partial charge in [-0.25, -0.2) is 0 Å². The molecule has 0 aliphatic heterocycles. The molecule has 0 aromatic carbocycles. The Morgan fingerprint density at radius 2 is 1.69 bits per heavy atom. The number of methoxy groups -OCH3 is 2. The van der Waals surface area contributed by atoms with E-state index in [1.807, 2.05) is 0 Å². The first-order valence-corrected chi connectivity index (χ1v) is 5.80. The second kappa shape index (κ2) is 6.76. The minimum atomic E-state index is -0.896. The molecule has 0 N–H and O–H groups in total. The molecule has 1 saturated carbocycles. The fraction of sp³-hybridized carbons (Fsp3) is 0.833. The van der Waals surface area contributed by atoms with Gasteiger partial charge in [0, 0.05) is 20.1 Å². The molecule has 0 saturated heterocycles. The summed E-state index contributed by atoms with van der Waals surface area (Å²) < 4.78 is 9.65. The molecule has 1 aliphatic rings. The highest BCUT2D eigenvalue weighted by Crippen LogP contribution is 2.25. The monoisotopic (exact) mass is 228 g/mol. The molecule has 1 fully saturated rings. The first-order chi connectivity index (χ1) is 7.69. The molecule has 0 heterocycles. The van der Waals surface area contributed by atoms with Crippen molar-refractivity contribution in [1.29, 1.82) is 0 Å². The van der Waals surface area contributed by atoms with Crippen molar-refractivity contribution in [2.75, 3.05) is 14.2 Å². The van der Waals surface area contributed by atoms with E-state index in [0.717, 1.165) is 25.7 Å². The number of carbonyl (C=O) groups excluding carboxylic acids is 2. The molecule has 1 rings (SSSR count). The maximum atomic E-state index is 11.8. The van der Waals surface area contributed by atoms with Crippen LogP contribution in [0.15, 0.2) is 0 Å². The third-order valence-electron chi connectivity index (χ3n) is 3.10. The standard InChI is InChI=1S/C12H20O4/c1-15-12(16-2)11(14)8-10(13)9-6-4-3-5-7-9/h9,12H,3-8H2,1-2H3. The van der Waals surface area contributed by atoms with Crippen LogP contribution in [0.2, 0.25) is 0 Å². The lowest BCUT2D eigenvalue weighted by molar-refractivity contribution is -0.158. The smallest absolute Gasteiger partial charge is 0.217 e. The number of hydrogen-bond acceptors (Lipinski definition) is 4.